The van der Waals surface area contributed by atoms with Gasteiger partial charge >= 0.3 is 0 Å². The molecule has 0 saturated heterocycles. The molecule has 110 valence electrons. The zero-order valence-corrected chi connectivity index (χ0v) is 12.8. The summed E-state index contributed by atoms with van der Waals surface area (Å²) in [7, 11) is -3.71. The number of carbonyl (C=O) groups is 1. The molecule has 3 rings (SSSR count). The third kappa shape index (κ3) is 2.36. The number of ketones is 1. The van der Waals surface area contributed by atoms with Gasteiger partial charge in [-0.05, 0) is 37.3 Å². The van der Waals surface area contributed by atoms with Crippen molar-refractivity contribution in [2.24, 2.45) is 0 Å². The van der Waals surface area contributed by atoms with Gasteiger partial charge in [-0.2, -0.15) is 0 Å². The second-order valence-corrected chi connectivity index (χ2v) is 8.15. The van der Waals surface area contributed by atoms with Gasteiger partial charge in [0, 0.05) is 23.4 Å². The lowest BCUT2D eigenvalue weighted by Gasteiger charge is -2.29. The molecule has 0 saturated carbocycles. The monoisotopic (exact) mass is 325 g/mol. The molecule has 1 aromatic heterocycles. The molecule has 0 bridgehead atoms. The number of nitrogens with zero attached hydrogens (tertiary/aromatic N) is 1. The molecule has 0 aliphatic carbocycles. The number of thiophene rings is 1. The second-order valence-electron chi connectivity index (χ2n) is 4.78. The highest BCUT2D eigenvalue weighted by Crippen LogP contribution is 2.34. The first-order valence-corrected chi connectivity index (χ1v) is 8.57. The summed E-state index contributed by atoms with van der Waals surface area (Å²) in [6.45, 7) is 1.91. The molecule has 0 fully saturated rings. The summed E-state index contributed by atoms with van der Waals surface area (Å²) in [6.07, 6.45) is 0.0556. The zero-order valence-electron chi connectivity index (χ0n) is 11.2. The highest BCUT2D eigenvalue weighted by atomic mass is 32.2. The number of rotatable bonds is 2. The molecule has 2 aromatic rings. The lowest BCUT2D eigenvalue weighted by molar-refractivity contribution is 0.0981. The predicted octanol–water partition coefficient (Wildman–Crippen LogP) is 2.98. The van der Waals surface area contributed by atoms with Crippen molar-refractivity contribution in [3.05, 3.63) is 46.6 Å². The minimum Gasteiger partial charge on any atom is -0.294 e. The van der Waals surface area contributed by atoms with Crippen LogP contribution in [0.4, 0.5) is 10.1 Å². The largest absolute Gasteiger partial charge is 0.294 e. The summed E-state index contributed by atoms with van der Waals surface area (Å²) in [5.74, 6) is -0.786. The molecule has 1 aliphatic heterocycles. The van der Waals surface area contributed by atoms with Crippen molar-refractivity contribution in [3.8, 4) is 0 Å². The molecule has 0 spiro atoms. The van der Waals surface area contributed by atoms with Gasteiger partial charge in [0.15, 0.2) is 5.78 Å². The van der Waals surface area contributed by atoms with Crippen LogP contribution < -0.4 is 4.31 Å². The summed E-state index contributed by atoms with van der Waals surface area (Å²) in [6, 6.07) is 6.89. The third-order valence-electron chi connectivity index (χ3n) is 3.33. The third-order valence-corrected chi connectivity index (χ3v) is 6.61. The van der Waals surface area contributed by atoms with Crippen molar-refractivity contribution in [2.45, 2.75) is 17.6 Å². The summed E-state index contributed by atoms with van der Waals surface area (Å²) in [4.78, 5) is 12.8. The number of aryl methyl sites for hydroxylation is 1. The minimum absolute atomic E-state index is 0.0556. The van der Waals surface area contributed by atoms with Crippen LogP contribution in [-0.2, 0) is 10.0 Å². The van der Waals surface area contributed by atoms with Crippen LogP contribution in [0.25, 0.3) is 0 Å². The first-order valence-electron chi connectivity index (χ1n) is 6.31. The van der Waals surface area contributed by atoms with Gasteiger partial charge in [0.05, 0.1) is 5.69 Å². The Morgan fingerprint density at radius 1 is 1.24 bits per heavy atom. The van der Waals surface area contributed by atoms with Crippen molar-refractivity contribution in [1.82, 2.24) is 0 Å². The van der Waals surface area contributed by atoms with Crippen LogP contribution in [0.15, 0.2) is 34.5 Å². The SMILES string of the molecule is Cc1ccc(S(=O)(=O)N2CCC(=O)c3cc(F)ccc32)s1. The van der Waals surface area contributed by atoms with Crippen LogP contribution in [0.2, 0.25) is 0 Å². The fraction of sp³-hybridized carbons (Fsp3) is 0.214. The van der Waals surface area contributed by atoms with Gasteiger partial charge in [-0.15, -0.1) is 11.3 Å². The first kappa shape index (κ1) is 14.2. The lowest BCUT2D eigenvalue weighted by atomic mass is 10.0. The van der Waals surface area contributed by atoms with E-state index in [2.05, 4.69) is 0 Å². The number of sulfonamides is 1. The minimum atomic E-state index is -3.71. The Bertz CT molecular complexity index is 826. The molecule has 0 N–H and O–H groups in total. The fourth-order valence-corrected chi connectivity index (χ4v) is 5.20. The van der Waals surface area contributed by atoms with E-state index >= 15 is 0 Å². The Balaban J connectivity index is 2.13. The van der Waals surface area contributed by atoms with Crippen LogP contribution in [0.3, 0.4) is 0 Å². The van der Waals surface area contributed by atoms with Gasteiger partial charge in [0.25, 0.3) is 10.0 Å². The maximum atomic E-state index is 13.3. The zero-order chi connectivity index (χ0) is 15.2. The van der Waals surface area contributed by atoms with Crippen LogP contribution >= 0.6 is 11.3 Å². The molecule has 0 amide bonds. The van der Waals surface area contributed by atoms with Gasteiger partial charge in [-0.1, -0.05) is 0 Å². The number of fused-ring (bicyclic) bond motifs is 1. The van der Waals surface area contributed by atoms with Gasteiger partial charge in [-0.3, -0.25) is 9.10 Å². The first-order chi connectivity index (χ1) is 9.89. The van der Waals surface area contributed by atoms with E-state index in [0.29, 0.717) is 0 Å². The van der Waals surface area contributed by atoms with Crippen LogP contribution in [-0.4, -0.2) is 20.7 Å². The van der Waals surface area contributed by atoms with Gasteiger partial charge < -0.3 is 0 Å². The van der Waals surface area contributed by atoms with Crippen molar-refractivity contribution in [2.75, 3.05) is 10.8 Å². The molecular weight excluding hydrogens is 313 g/mol. The normalized spacial score (nSPS) is 15.1. The Morgan fingerprint density at radius 3 is 2.67 bits per heavy atom. The number of hydrogen-bond acceptors (Lipinski definition) is 4. The van der Waals surface area contributed by atoms with Crippen LogP contribution in [0.1, 0.15) is 21.7 Å². The fourth-order valence-electron chi connectivity index (χ4n) is 2.32. The summed E-state index contributed by atoms with van der Waals surface area (Å²) in [5, 5.41) is 0. The number of halogens is 1. The van der Waals surface area contributed by atoms with E-state index < -0.39 is 15.8 Å². The van der Waals surface area contributed by atoms with E-state index in [9.17, 15) is 17.6 Å². The highest BCUT2D eigenvalue weighted by molar-refractivity contribution is 7.94. The quantitative estimate of drug-likeness (QED) is 0.853. The molecule has 4 nitrogen and oxygen atoms in total. The van der Waals surface area contributed by atoms with E-state index in [1.807, 2.05) is 6.92 Å². The van der Waals surface area contributed by atoms with Crippen LogP contribution in [0.5, 0.6) is 0 Å². The smallest absolute Gasteiger partial charge is 0.273 e. The van der Waals surface area contributed by atoms with Crippen molar-refractivity contribution >= 4 is 32.8 Å². The Hall–Kier alpha value is -1.73. The summed E-state index contributed by atoms with van der Waals surface area (Å²) < 4.78 is 40.1. The van der Waals surface area contributed by atoms with E-state index in [-0.39, 0.29) is 34.2 Å². The summed E-state index contributed by atoms with van der Waals surface area (Å²) >= 11 is 1.18. The highest BCUT2D eigenvalue weighted by Gasteiger charge is 2.33. The number of benzene rings is 1. The number of hydrogen-bond donors (Lipinski definition) is 0. The van der Waals surface area contributed by atoms with Gasteiger partial charge in [-0.25, -0.2) is 12.8 Å². The van der Waals surface area contributed by atoms with Crippen molar-refractivity contribution in [1.29, 1.82) is 0 Å². The standard InChI is InChI=1S/C14H12FNO3S2/c1-9-2-5-14(20-9)21(18,19)16-7-6-13(17)11-8-10(15)3-4-12(11)16/h2-5,8H,6-7H2,1H3. The Labute approximate surface area is 125 Å². The van der Waals surface area contributed by atoms with Crippen molar-refractivity contribution in [3.63, 3.8) is 0 Å². The molecule has 1 aromatic carbocycles. The average molecular weight is 325 g/mol. The van der Waals surface area contributed by atoms with Gasteiger partial charge in [0.2, 0.25) is 0 Å². The molecule has 0 radical (unpaired) electrons. The number of anilines is 1. The molecule has 0 unspecified atom stereocenters. The topological polar surface area (TPSA) is 54.5 Å². The van der Waals surface area contributed by atoms with E-state index in [4.69, 9.17) is 0 Å². The number of carbonyl (C=O) groups excluding carboxylic acids is 1. The average Bonchev–Trinajstić information content (AvgIpc) is 2.87. The summed E-state index contributed by atoms with van der Waals surface area (Å²) in [5.41, 5.74) is 0.372. The second kappa shape index (κ2) is 4.92. The Kier molecular flexibility index (Phi) is 3.33. The molecule has 2 heterocycles. The van der Waals surface area contributed by atoms with Crippen LogP contribution in [0, 0.1) is 12.7 Å². The van der Waals surface area contributed by atoms with Crippen molar-refractivity contribution < 1.29 is 17.6 Å². The van der Waals surface area contributed by atoms with E-state index in [0.717, 1.165) is 10.9 Å². The molecule has 1 aliphatic rings. The maximum Gasteiger partial charge on any atom is 0.273 e. The van der Waals surface area contributed by atoms with E-state index in [1.54, 1.807) is 12.1 Å². The Morgan fingerprint density at radius 2 is 2.00 bits per heavy atom. The molecular formula is C14H12FNO3S2. The molecule has 0 atom stereocenters. The van der Waals surface area contributed by atoms with Gasteiger partial charge in [0.1, 0.15) is 10.0 Å². The van der Waals surface area contributed by atoms with E-state index in [1.165, 1.54) is 27.8 Å². The molecule has 7 heteroatoms. The molecule has 21 heavy (non-hydrogen) atoms. The lowest BCUT2D eigenvalue weighted by Crippen LogP contribution is -2.37. The maximum absolute atomic E-state index is 13.3. The number of Topliss-reactive ketones (excluding diaryl/α,β-unsaturated/α-hetero) is 1. The predicted molar refractivity (Wildman–Crippen MR) is 78.9 cm³/mol.